The van der Waals surface area contributed by atoms with Gasteiger partial charge in [-0.15, -0.1) is 10.2 Å². The molecule has 0 atom stereocenters. The fraction of sp³-hybridized carbons (Fsp3) is 0.231. The number of hydrogen-bond acceptors (Lipinski definition) is 6. The molecule has 0 aliphatic carbocycles. The maximum atomic E-state index is 5.97. The van der Waals surface area contributed by atoms with Gasteiger partial charge < -0.3 is 19.5 Å². The number of methoxy groups -OCH3 is 3. The number of halogens is 2. The van der Waals surface area contributed by atoms with Crippen molar-refractivity contribution in [2.45, 2.75) is 0 Å². The highest BCUT2D eigenvalue weighted by atomic mass is 35.5. The Labute approximate surface area is 131 Å². The molecular formula is C13H13Cl2N3O3. The summed E-state index contributed by atoms with van der Waals surface area (Å²) in [6.45, 7) is 0. The Morgan fingerprint density at radius 3 is 2.05 bits per heavy atom. The second-order valence-electron chi connectivity index (χ2n) is 3.91. The molecule has 0 spiro atoms. The number of hydrogen-bond donors (Lipinski definition) is 1. The Kier molecular flexibility index (Phi) is 4.93. The smallest absolute Gasteiger partial charge is 0.203 e. The SMILES string of the molecule is COc1cc(Nc2cc(Cl)nnc2Cl)cc(OC)c1OC. The molecule has 8 heteroatoms. The van der Waals surface area contributed by atoms with Crippen LogP contribution in [0.1, 0.15) is 0 Å². The van der Waals surface area contributed by atoms with Gasteiger partial charge in [0.25, 0.3) is 0 Å². The maximum Gasteiger partial charge on any atom is 0.203 e. The largest absolute Gasteiger partial charge is 0.493 e. The van der Waals surface area contributed by atoms with Gasteiger partial charge in [0.1, 0.15) is 0 Å². The van der Waals surface area contributed by atoms with Gasteiger partial charge in [-0.1, -0.05) is 23.2 Å². The summed E-state index contributed by atoms with van der Waals surface area (Å²) in [7, 11) is 4.62. The van der Waals surface area contributed by atoms with Gasteiger partial charge in [0, 0.05) is 23.9 Å². The first-order chi connectivity index (χ1) is 10.1. The molecule has 1 heterocycles. The minimum absolute atomic E-state index is 0.202. The van der Waals surface area contributed by atoms with Crippen molar-refractivity contribution in [3.05, 3.63) is 28.5 Å². The molecule has 0 radical (unpaired) electrons. The van der Waals surface area contributed by atoms with E-state index >= 15 is 0 Å². The minimum atomic E-state index is 0.202. The van der Waals surface area contributed by atoms with Gasteiger partial charge in [-0.25, -0.2) is 0 Å². The molecule has 0 aliphatic heterocycles. The average Bonchev–Trinajstić information content (AvgIpc) is 2.49. The summed E-state index contributed by atoms with van der Waals surface area (Å²) in [6, 6.07) is 5.05. The molecular weight excluding hydrogens is 317 g/mol. The molecule has 1 aromatic heterocycles. The molecule has 0 saturated heterocycles. The molecule has 2 rings (SSSR count). The number of aromatic nitrogens is 2. The minimum Gasteiger partial charge on any atom is -0.493 e. The molecule has 0 fully saturated rings. The summed E-state index contributed by atoms with van der Waals surface area (Å²) in [5, 5.41) is 10.9. The quantitative estimate of drug-likeness (QED) is 0.904. The van der Waals surface area contributed by atoms with Crippen LogP contribution in [0, 0.1) is 0 Å². The molecule has 21 heavy (non-hydrogen) atoms. The maximum absolute atomic E-state index is 5.97. The number of ether oxygens (including phenoxy) is 3. The number of nitrogens with one attached hydrogen (secondary N) is 1. The van der Waals surface area contributed by atoms with Crippen molar-refractivity contribution in [1.29, 1.82) is 0 Å². The van der Waals surface area contributed by atoms with E-state index in [0.717, 1.165) is 0 Å². The summed E-state index contributed by atoms with van der Waals surface area (Å²) in [5.74, 6) is 1.54. The van der Waals surface area contributed by atoms with Gasteiger partial charge in [-0.05, 0) is 0 Å². The fourth-order valence-electron chi connectivity index (χ4n) is 1.75. The Hall–Kier alpha value is -1.92. The molecule has 1 N–H and O–H groups in total. The van der Waals surface area contributed by atoms with Crippen LogP contribution in [0.5, 0.6) is 17.2 Å². The van der Waals surface area contributed by atoms with Gasteiger partial charge in [0.15, 0.2) is 21.8 Å². The lowest BCUT2D eigenvalue weighted by Crippen LogP contribution is -1.99. The predicted octanol–water partition coefficient (Wildman–Crippen LogP) is 3.55. The Bertz CT molecular complexity index is 628. The van der Waals surface area contributed by atoms with E-state index in [1.165, 1.54) is 7.11 Å². The zero-order valence-electron chi connectivity index (χ0n) is 11.6. The zero-order valence-corrected chi connectivity index (χ0v) is 13.1. The van der Waals surface area contributed by atoms with E-state index in [1.54, 1.807) is 32.4 Å². The summed E-state index contributed by atoms with van der Waals surface area (Å²) < 4.78 is 15.8. The Morgan fingerprint density at radius 2 is 1.52 bits per heavy atom. The number of rotatable bonds is 5. The van der Waals surface area contributed by atoms with Gasteiger partial charge >= 0.3 is 0 Å². The molecule has 1 aromatic carbocycles. The van der Waals surface area contributed by atoms with Crippen LogP contribution in [-0.2, 0) is 0 Å². The third kappa shape index (κ3) is 3.40. The second kappa shape index (κ2) is 6.69. The van der Waals surface area contributed by atoms with Crippen molar-refractivity contribution in [3.63, 3.8) is 0 Å². The van der Waals surface area contributed by atoms with Crippen LogP contribution in [0.15, 0.2) is 18.2 Å². The van der Waals surface area contributed by atoms with Crippen molar-refractivity contribution < 1.29 is 14.2 Å². The van der Waals surface area contributed by atoms with Crippen LogP contribution in [-0.4, -0.2) is 31.5 Å². The molecule has 0 unspecified atom stereocenters. The summed E-state index contributed by atoms with van der Waals surface area (Å²) in [5.41, 5.74) is 1.20. The second-order valence-corrected chi connectivity index (χ2v) is 4.66. The van der Waals surface area contributed by atoms with Crippen LogP contribution >= 0.6 is 23.2 Å². The predicted molar refractivity (Wildman–Crippen MR) is 81.4 cm³/mol. The van der Waals surface area contributed by atoms with E-state index in [-0.39, 0.29) is 10.3 Å². The topological polar surface area (TPSA) is 65.5 Å². The Balaban J connectivity index is 2.42. The zero-order chi connectivity index (χ0) is 15.4. The normalized spacial score (nSPS) is 10.1. The van der Waals surface area contributed by atoms with Crippen LogP contribution < -0.4 is 19.5 Å². The molecule has 0 saturated carbocycles. The molecule has 0 bridgehead atoms. The monoisotopic (exact) mass is 329 g/mol. The third-order valence-electron chi connectivity index (χ3n) is 2.66. The average molecular weight is 330 g/mol. The lowest BCUT2D eigenvalue weighted by molar-refractivity contribution is 0.324. The van der Waals surface area contributed by atoms with Gasteiger partial charge in [0.05, 0.1) is 27.0 Å². The highest BCUT2D eigenvalue weighted by molar-refractivity contribution is 6.33. The van der Waals surface area contributed by atoms with Gasteiger partial charge in [-0.3, -0.25) is 0 Å². The Morgan fingerprint density at radius 1 is 0.905 bits per heavy atom. The summed E-state index contributed by atoms with van der Waals surface area (Å²) in [6.07, 6.45) is 0. The highest BCUT2D eigenvalue weighted by Gasteiger charge is 2.14. The lowest BCUT2D eigenvalue weighted by atomic mass is 10.2. The van der Waals surface area contributed by atoms with Crippen LogP contribution in [0.3, 0.4) is 0 Å². The van der Waals surface area contributed by atoms with Crippen LogP contribution in [0.2, 0.25) is 10.3 Å². The van der Waals surface area contributed by atoms with Crippen molar-refractivity contribution in [2.75, 3.05) is 26.6 Å². The fourth-order valence-corrected chi connectivity index (χ4v) is 2.04. The first-order valence-corrected chi connectivity index (χ1v) is 6.60. The van der Waals surface area contributed by atoms with E-state index in [2.05, 4.69) is 15.5 Å². The van der Waals surface area contributed by atoms with E-state index in [9.17, 15) is 0 Å². The van der Waals surface area contributed by atoms with Crippen molar-refractivity contribution in [1.82, 2.24) is 10.2 Å². The molecule has 0 aliphatic rings. The highest BCUT2D eigenvalue weighted by Crippen LogP contribution is 2.41. The molecule has 6 nitrogen and oxygen atoms in total. The third-order valence-corrected chi connectivity index (χ3v) is 3.13. The summed E-state index contributed by atoms with van der Waals surface area (Å²) >= 11 is 11.8. The van der Waals surface area contributed by atoms with Crippen molar-refractivity contribution in [2.24, 2.45) is 0 Å². The lowest BCUT2D eigenvalue weighted by Gasteiger charge is -2.15. The van der Waals surface area contributed by atoms with E-state index in [0.29, 0.717) is 28.6 Å². The summed E-state index contributed by atoms with van der Waals surface area (Å²) in [4.78, 5) is 0. The van der Waals surface area contributed by atoms with Gasteiger partial charge in [-0.2, -0.15) is 0 Å². The molecule has 0 amide bonds. The van der Waals surface area contributed by atoms with Gasteiger partial charge in [0.2, 0.25) is 5.75 Å². The number of nitrogens with zero attached hydrogens (tertiary/aromatic N) is 2. The van der Waals surface area contributed by atoms with Crippen LogP contribution in [0.25, 0.3) is 0 Å². The molecule has 112 valence electrons. The first-order valence-electron chi connectivity index (χ1n) is 5.84. The van der Waals surface area contributed by atoms with Crippen LogP contribution in [0.4, 0.5) is 11.4 Å². The first kappa shape index (κ1) is 15.5. The van der Waals surface area contributed by atoms with Crippen molar-refractivity contribution >= 4 is 34.6 Å². The van der Waals surface area contributed by atoms with E-state index in [1.807, 2.05) is 0 Å². The molecule has 2 aromatic rings. The number of benzene rings is 1. The number of anilines is 2. The van der Waals surface area contributed by atoms with E-state index in [4.69, 9.17) is 37.4 Å². The van der Waals surface area contributed by atoms with E-state index < -0.39 is 0 Å². The standard InChI is InChI=1S/C13H13Cl2N3O3/c1-19-9-4-7(5-10(20-2)12(9)21-3)16-8-6-11(14)17-18-13(8)15/h4-6H,1-3H3,(H,16,17). The van der Waals surface area contributed by atoms with Crippen molar-refractivity contribution in [3.8, 4) is 17.2 Å².